The lowest BCUT2D eigenvalue weighted by molar-refractivity contribution is 0.396. The van der Waals surface area contributed by atoms with Crippen LogP contribution in [0.25, 0.3) is 0 Å². The van der Waals surface area contributed by atoms with Crippen LogP contribution in [0.4, 0.5) is 5.82 Å². The summed E-state index contributed by atoms with van der Waals surface area (Å²) in [4.78, 5) is 0. The quantitative estimate of drug-likeness (QED) is 0.674. The first kappa shape index (κ1) is 8.06. The molecule has 11 heavy (non-hydrogen) atoms. The fraction of sp³-hybridized carbons (Fsp3) is 0.400. The van der Waals surface area contributed by atoms with Crippen molar-refractivity contribution >= 4 is 15.7 Å². The standard InChI is InChI=1S/C5H8N2O3S/c1-11(8,9)3-4-2-5(6)7-10-4/h2H,3H2,1H3,(H2,6,7). The van der Waals surface area contributed by atoms with Gasteiger partial charge in [0.05, 0.1) is 0 Å². The number of nitrogens with zero attached hydrogens (tertiary/aromatic N) is 1. The molecule has 1 aromatic heterocycles. The molecule has 0 amide bonds. The highest BCUT2D eigenvalue weighted by Crippen LogP contribution is 2.07. The molecule has 6 heteroatoms. The molecule has 0 fully saturated rings. The normalized spacial score (nSPS) is 11.7. The van der Waals surface area contributed by atoms with Crippen molar-refractivity contribution in [2.75, 3.05) is 12.0 Å². The van der Waals surface area contributed by atoms with Gasteiger partial charge in [-0.15, -0.1) is 0 Å². The van der Waals surface area contributed by atoms with E-state index in [-0.39, 0.29) is 17.3 Å². The molecule has 0 aromatic carbocycles. The minimum Gasteiger partial charge on any atom is -0.381 e. The van der Waals surface area contributed by atoms with Crippen molar-refractivity contribution < 1.29 is 12.9 Å². The van der Waals surface area contributed by atoms with Crippen LogP contribution in [0, 0.1) is 0 Å². The molecule has 0 radical (unpaired) electrons. The summed E-state index contributed by atoms with van der Waals surface area (Å²) in [6, 6.07) is 1.39. The molecule has 0 bridgehead atoms. The number of anilines is 1. The Morgan fingerprint density at radius 2 is 2.36 bits per heavy atom. The number of nitrogen functional groups attached to an aromatic ring is 1. The van der Waals surface area contributed by atoms with Crippen molar-refractivity contribution in [3.8, 4) is 0 Å². The second-order valence-electron chi connectivity index (χ2n) is 2.29. The number of hydrogen-bond acceptors (Lipinski definition) is 5. The predicted molar refractivity (Wildman–Crippen MR) is 39.5 cm³/mol. The zero-order valence-corrected chi connectivity index (χ0v) is 6.76. The van der Waals surface area contributed by atoms with Crippen molar-refractivity contribution in [2.45, 2.75) is 5.75 Å². The number of sulfone groups is 1. The molecule has 0 spiro atoms. The molecule has 0 unspecified atom stereocenters. The summed E-state index contributed by atoms with van der Waals surface area (Å²) in [6.07, 6.45) is 1.12. The van der Waals surface area contributed by atoms with Crippen LogP contribution in [0.5, 0.6) is 0 Å². The maximum absolute atomic E-state index is 10.7. The highest BCUT2D eigenvalue weighted by Gasteiger charge is 2.08. The van der Waals surface area contributed by atoms with Crippen LogP contribution in [0.3, 0.4) is 0 Å². The lowest BCUT2D eigenvalue weighted by Crippen LogP contribution is -1.98. The third-order valence-electron chi connectivity index (χ3n) is 0.982. The molecule has 5 nitrogen and oxygen atoms in total. The van der Waals surface area contributed by atoms with E-state index in [1.54, 1.807) is 0 Å². The first-order valence-corrected chi connectivity index (χ1v) is 4.92. The molecule has 0 saturated heterocycles. The summed E-state index contributed by atoms with van der Waals surface area (Å²) in [5.74, 6) is 0.311. The summed E-state index contributed by atoms with van der Waals surface area (Å²) >= 11 is 0. The molecule has 0 aliphatic carbocycles. The Labute approximate surface area is 64.1 Å². The van der Waals surface area contributed by atoms with Crippen molar-refractivity contribution in [2.24, 2.45) is 0 Å². The van der Waals surface area contributed by atoms with Gasteiger partial charge >= 0.3 is 0 Å². The van der Waals surface area contributed by atoms with Gasteiger partial charge in [0, 0.05) is 12.3 Å². The Morgan fingerprint density at radius 1 is 1.73 bits per heavy atom. The SMILES string of the molecule is CS(=O)(=O)Cc1cc(N)no1. The van der Waals surface area contributed by atoms with E-state index in [1.165, 1.54) is 6.07 Å². The van der Waals surface area contributed by atoms with Crippen LogP contribution in [0.1, 0.15) is 5.76 Å². The van der Waals surface area contributed by atoms with Crippen molar-refractivity contribution in [1.82, 2.24) is 5.16 Å². The summed E-state index contributed by atoms with van der Waals surface area (Å²) < 4.78 is 25.9. The maximum Gasteiger partial charge on any atom is 0.167 e. The van der Waals surface area contributed by atoms with Crippen LogP contribution >= 0.6 is 0 Å². The third-order valence-corrected chi connectivity index (χ3v) is 1.79. The summed E-state index contributed by atoms with van der Waals surface area (Å²) in [7, 11) is -3.05. The van der Waals surface area contributed by atoms with Gasteiger partial charge in [0.2, 0.25) is 0 Å². The van der Waals surface area contributed by atoms with E-state index >= 15 is 0 Å². The minimum absolute atomic E-state index is 0.156. The predicted octanol–water partition coefficient (Wildman–Crippen LogP) is -0.199. The Morgan fingerprint density at radius 3 is 2.73 bits per heavy atom. The Hall–Kier alpha value is -1.04. The third kappa shape index (κ3) is 2.58. The minimum atomic E-state index is -3.05. The van der Waals surface area contributed by atoms with Gasteiger partial charge in [0.1, 0.15) is 5.75 Å². The summed E-state index contributed by atoms with van der Waals surface area (Å²) in [5, 5.41) is 3.34. The molecule has 0 atom stereocenters. The smallest absolute Gasteiger partial charge is 0.167 e. The second-order valence-corrected chi connectivity index (χ2v) is 4.43. The topological polar surface area (TPSA) is 86.2 Å². The lowest BCUT2D eigenvalue weighted by Gasteiger charge is -1.88. The van der Waals surface area contributed by atoms with Crippen LogP contribution in [0.15, 0.2) is 10.6 Å². The number of nitrogens with two attached hydrogens (primary N) is 1. The Kier molecular flexibility index (Phi) is 1.86. The van der Waals surface area contributed by atoms with Gasteiger partial charge < -0.3 is 10.3 Å². The molecule has 0 saturated carbocycles. The molecule has 62 valence electrons. The fourth-order valence-corrected chi connectivity index (χ4v) is 1.31. The number of aromatic nitrogens is 1. The van der Waals surface area contributed by atoms with E-state index in [0.29, 0.717) is 0 Å². The first-order chi connectivity index (χ1) is 4.97. The van der Waals surface area contributed by atoms with Gasteiger partial charge in [0.15, 0.2) is 21.4 Å². The molecule has 1 heterocycles. The van der Waals surface area contributed by atoms with E-state index in [9.17, 15) is 8.42 Å². The van der Waals surface area contributed by atoms with Gasteiger partial charge in [-0.2, -0.15) is 0 Å². The van der Waals surface area contributed by atoms with E-state index in [0.717, 1.165) is 6.26 Å². The first-order valence-electron chi connectivity index (χ1n) is 2.86. The van der Waals surface area contributed by atoms with Crippen LogP contribution in [-0.4, -0.2) is 19.8 Å². The van der Waals surface area contributed by atoms with Crippen molar-refractivity contribution in [3.05, 3.63) is 11.8 Å². The highest BCUT2D eigenvalue weighted by molar-refractivity contribution is 7.89. The van der Waals surface area contributed by atoms with Gasteiger partial charge in [-0.1, -0.05) is 5.16 Å². The molecule has 0 aliphatic rings. The van der Waals surface area contributed by atoms with Crippen molar-refractivity contribution in [1.29, 1.82) is 0 Å². The Bertz CT molecular complexity index is 340. The number of rotatable bonds is 2. The van der Waals surface area contributed by atoms with Crippen LogP contribution in [0.2, 0.25) is 0 Å². The summed E-state index contributed by atoms with van der Waals surface area (Å²) in [5.41, 5.74) is 5.20. The molecular formula is C5H8N2O3S. The van der Waals surface area contributed by atoms with Crippen LogP contribution < -0.4 is 5.73 Å². The zero-order chi connectivity index (χ0) is 8.48. The molecule has 1 aromatic rings. The fourth-order valence-electron chi connectivity index (χ4n) is 0.655. The monoisotopic (exact) mass is 176 g/mol. The Balaban J connectivity index is 2.81. The van der Waals surface area contributed by atoms with Crippen molar-refractivity contribution in [3.63, 3.8) is 0 Å². The highest BCUT2D eigenvalue weighted by atomic mass is 32.2. The van der Waals surface area contributed by atoms with E-state index < -0.39 is 9.84 Å². The zero-order valence-electron chi connectivity index (χ0n) is 5.94. The van der Waals surface area contributed by atoms with E-state index in [1.807, 2.05) is 0 Å². The average molecular weight is 176 g/mol. The van der Waals surface area contributed by atoms with E-state index in [4.69, 9.17) is 5.73 Å². The number of hydrogen-bond donors (Lipinski definition) is 1. The van der Waals surface area contributed by atoms with E-state index in [2.05, 4.69) is 9.68 Å². The molecule has 1 rings (SSSR count). The van der Waals surface area contributed by atoms with Gasteiger partial charge in [-0.05, 0) is 0 Å². The molecule has 0 aliphatic heterocycles. The second kappa shape index (κ2) is 2.54. The summed E-state index contributed by atoms with van der Waals surface area (Å²) in [6.45, 7) is 0. The van der Waals surface area contributed by atoms with Gasteiger partial charge in [0.25, 0.3) is 0 Å². The lowest BCUT2D eigenvalue weighted by atomic mass is 10.5. The largest absolute Gasteiger partial charge is 0.381 e. The van der Waals surface area contributed by atoms with Crippen LogP contribution in [-0.2, 0) is 15.6 Å². The molecular weight excluding hydrogens is 168 g/mol. The van der Waals surface area contributed by atoms with Gasteiger partial charge in [-0.3, -0.25) is 0 Å². The maximum atomic E-state index is 10.7. The molecule has 2 N–H and O–H groups in total. The average Bonchev–Trinajstić information content (AvgIpc) is 2.10. The van der Waals surface area contributed by atoms with Gasteiger partial charge in [-0.25, -0.2) is 8.42 Å².